The molecule has 3 amide bonds. The van der Waals surface area contributed by atoms with E-state index in [1.54, 1.807) is 43.1 Å². The first-order valence-electron chi connectivity index (χ1n) is 13.7. The van der Waals surface area contributed by atoms with Crippen LogP contribution in [0.4, 0.5) is 11.4 Å². The molecule has 0 saturated heterocycles. The number of para-hydroxylation sites is 2. The van der Waals surface area contributed by atoms with Crippen LogP contribution < -0.4 is 20.4 Å². The number of amides is 3. The number of rotatable bonds is 7. The standard InChI is InChI=1S/C33H32N4O5.ClH/c1-20-12-13-22-8-4-5-9-25(22)26(20)18-36-28-10-6-7-11-29(28)37(19-27(32(36)40)35-30(38)21(2)34-3)31(39)23-14-16-24(17-15-23)33(41)42;/h4-17,21,27,34H,18-19H2,1-3H3,(H,35,38)(H,41,42);1H. The van der Waals surface area contributed by atoms with Crippen LogP contribution in [0.3, 0.4) is 0 Å². The summed E-state index contributed by atoms with van der Waals surface area (Å²) in [4.78, 5) is 55.8. The number of nitrogens with one attached hydrogen (secondary N) is 2. The van der Waals surface area contributed by atoms with Gasteiger partial charge >= 0.3 is 5.97 Å². The van der Waals surface area contributed by atoms with E-state index >= 15 is 0 Å². The van der Waals surface area contributed by atoms with Gasteiger partial charge < -0.3 is 25.5 Å². The summed E-state index contributed by atoms with van der Waals surface area (Å²) in [5.41, 5.74) is 3.33. The van der Waals surface area contributed by atoms with Gasteiger partial charge in [-0.3, -0.25) is 14.4 Å². The third-order valence-corrected chi connectivity index (χ3v) is 7.75. The van der Waals surface area contributed by atoms with Gasteiger partial charge in [0.05, 0.1) is 36.1 Å². The second kappa shape index (κ2) is 13.1. The van der Waals surface area contributed by atoms with Crippen molar-refractivity contribution in [3.05, 3.63) is 107 Å². The predicted octanol–water partition coefficient (Wildman–Crippen LogP) is 4.55. The van der Waals surface area contributed by atoms with E-state index in [4.69, 9.17) is 0 Å². The first kappa shape index (κ1) is 31.2. The predicted molar refractivity (Wildman–Crippen MR) is 169 cm³/mol. The number of carbonyl (C=O) groups excluding carboxylic acids is 3. The smallest absolute Gasteiger partial charge is 0.335 e. The van der Waals surface area contributed by atoms with E-state index in [1.807, 2.05) is 43.3 Å². The molecule has 0 bridgehead atoms. The van der Waals surface area contributed by atoms with Crippen molar-refractivity contribution in [3.63, 3.8) is 0 Å². The Balaban J connectivity index is 0.00000423. The van der Waals surface area contributed by atoms with Crippen LogP contribution in [0.1, 0.15) is 38.8 Å². The van der Waals surface area contributed by atoms with Crippen molar-refractivity contribution >= 4 is 58.2 Å². The lowest BCUT2D eigenvalue weighted by Crippen LogP contribution is -2.55. The van der Waals surface area contributed by atoms with Crippen LogP contribution >= 0.6 is 12.4 Å². The van der Waals surface area contributed by atoms with Gasteiger partial charge in [-0.2, -0.15) is 0 Å². The van der Waals surface area contributed by atoms with Gasteiger partial charge in [0.25, 0.3) is 11.8 Å². The molecule has 2 unspecified atom stereocenters. The van der Waals surface area contributed by atoms with Gasteiger partial charge in [-0.25, -0.2) is 4.79 Å². The highest BCUT2D eigenvalue weighted by molar-refractivity contribution is 6.13. The molecule has 1 heterocycles. The minimum absolute atomic E-state index is 0. The molecule has 4 aromatic carbocycles. The number of aromatic carboxylic acids is 1. The average Bonchev–Trinajstić information content (AvgIpc) is 3.12. The zero-order chi connectivity index (χ0) is 30.0. The van der Waals surface area contributed by atoms with Crippen molar-refractivity contribution in [1.29, 1.82) is 0 Å². The summed E-state index contributed by atoms with van der Waals surface area (Å²) in [5, 5.41) is 17.1. The molecular formula is C33H33ClN4O5. The molecule has 5 rings (SSSR count). The lowest BCUT2D eigenvalue weighted by atomic mass is 9.99. The van der Waals surface area contributed by atoms with Crippen molar-refractivity contribution in [3.8, 4) is 0 Å². The van der Waals surface area contributed by atoms with Gasteiger partial charge in [0, 0.05) is 5.56 Å². The number of carboxylic acids is 1. The van der Waals surface area contributed by atoms with Crippen molar-refractivity contribution in [2.24, 2.45) is 0 Å². The molecule has 3 N–H and O–H groups in total. The fourth-order valence-electron chi connectivity index (χ4n) is 5.20. The molecule has 1 aliphatic rings. The summed E-state index contributed by atoms with van der Waals surface area (Å²) in [5.74, 6) is -2.24. The van der Waals surface area contributed by atoms with E-state index in [9.17, 15) is 24.3 Å². The molecule has 10 heteroatoms. The molecule has 2 atom stereocenters. The Labute approximate surface area is 255 Å². The zero-order valence-electron chi connectivity index (χ0n) is 24.0. The molecule has 0 radical (unpaired) electrons. The van der Waals surface area contributed by atoms with E-state index < -0.39 is 24.0 Å². The maximum Gasteiger partial charge on any atom is 0.335 e. The monoisotopic (exact) mass is 600 g/mol. The van der Waals surface area contributed by atoms with Gasteiger partial charge in [-0.15, -0.1) is 12.4 Å². The quantitative estimate of drug-likeness (QED) is 0.286. The number of halogens is 1. The number of anilines is 2. The Hall–Kier alpha value is -4.73. The summed E-state index contributed by atoms with van der Waals surface area (Å²) >= 11 is 0. The minimum Gasteiger partial charge on any atom is -0.478 e. The normalized spacial score (nSPS) is 15.2. The number of benzene rings is 4. The number of carboxylic acid groups (broad SMARTS) is 1. The Morgan fingerprint density at radius 3 is 2.21 bits per heavy atom. The van der Waals surface area contributed by atoms with Crippen LogP contribution in [0, 0.1) is 6.92 Å². The summed E-state index contributed by atoms with van der Waals surface area (Å²) in [6.45, 7) is 3.81. The first-order chi connectivity index (χ1) is 20.2. The summed E-state index contributed by atoms with van der Waals surface area (Å²) < 4.78 is 0. The number of hydrogen-bond donors (Lipinski definition) is 3. The average molecular weight is 601 g/mol. The van der Waals surface area contributed by atoms with Gasteiger partial charge in [0.2, 0.25) is 5.91 Å². The number of fused-ring (bicyclic) bond motifs is 2. The van der Waals surface area contributed by atoms with Gasteiger partial charge in [0.1, 0.15) is 6.04 Å². The third kappa shape index (κ3) is 6.23. The molecule has 0 saturated carbocycles. The fourth-order valence-corrected chi connectivity index (χ4v) is 5.20. The van der Waals surface area contributed by atoms with Crippen molar-refractivity contribution in [2.75, 3.05) is 23.4 Å². The Morgan fingerprint density at radius 1 is 0.907 bits per heavy atom. The maximum absolute atomic E-state index is 14.3. The number of hydrogen-bond acceptors (Lipinski definition) is 5. The third-order valence-electron chi connectivity index (χ3n) is 7.75. The maximum atomic E-state index is 14.3. The summed E-state index contributed by atoms with van der Waals surface area (Å²) in [6, 6.07) is 23.2. The molecule has 1 aliphatic heterocycles. The lowest BCUT2D eigenvalue weighted by Gasteiger charge is -2.27. The van der Waals surface area contributed by atoms with Crippen LogP contribution in [-0.2, 0) is 16.1 Å². The van der Waals surface area contributed by atoms with Crippen LogP contribution in [0.25, 0.3) is 10.8 Å². The minimum atomic E-state index is -1.10. The SMILES string of the molecule is CNC(C)C(=O)NC1CN(C(=O)c2ccc(C(=O)O)cc2)c2ccccc2N(Cc2c(C)ccc3ccccc23)C1=O.Cl. The van der Waals surface area contributed by atoms with Crippen LogP contribution in [-0.4, -0.2) is 54.5 Å². The highest BCUT2D eigenvalue weighted by Crippen LogP contribution is 2.36. The van der Waals surface area contributed by atoms with E-state index in [2.05, 4.69) is 10.6 Å². The lowest BCUT2D eigenvalue weighted by molar-refractivity contribution is -0.128. The Kier molecular flexibility index (Phi) is 9.48. The highest BCUT2D eigenvalue weighted by atomic mass is 35.5. The number of likely N-dealkylation sites (N-methyl/N-ethyl adjacent to an activating group) is 1. The molecule has 222 valence electrons. The van der Waals surface area contributed by atoms with Gasteiger partial charge in [0.15, 0.2) is 0 Å². The Bertz CT molecular complexity index is 1690. The van der Waals surface area contributed by atoms with Gasteiger partial charge in [-0.05, 0) is 79.2 Å². The fraction of sp³-hybridized carbons (Fsp3) is 0.212. The molecule has 9 nitrogen and oxygen atoms in total. The molecular weight excluding hydrogens is 568 g/mol. The van der Waals surface area contributed by atoms with E-state index in [0.717, 1.165) is 21.9 Å². The molecule has 43 heavy (non-hydrogen) atoms. The first-order valence-corrected chi connectivity index (χ1v) is 13.7. The molecule has 0 spiro atoms. The molecule has 0 fully saturated rings. The molecule has 0 aliphatic carbocycles. The van der Waals surface area contributed by atoms with Gasteiger partial charge in [-0.1, -0.05) is 48.5 Å². The van der Waals surface area contributed by atoms with E-state index in [-0.39, 0.29) is 48.4 Å². The second-order valence-corrected chi connectivity index (χ2v) is 10.4. The largest absolute Gasteiger partial charge is 0.478 e. The van der Waals surface area contributed by atoms with Crippen molar-refractivity contribution < 1.29 is 24.3 Å². The summed E-state index contributed by atoms with van der Waals surface area (Å²) in [6.07, 6.45) is 0. The Morgan fingerprint density at radius 2 is 1.53 bits per heavy atom. The summed E-state index contributed by atoms with van der Waals surface area (Å²) in [7, 11) is 1.65. The highest BCUT2D eigenvalue weighted by Gasteiger charge is 2.38. The molecule has 4 aromatic rings. The van der Waals surface area contributed by atoms with E-state index in [1.165, 1.54) is 29.2 Å². The van der Waals surface area contributed by atoms with E-state index in [0.29, 0.717) is 11.4 Å². The number of nitrogens with zero attached hydrogens (tertiary/aromatic N) is 2. The van der Waals surface area contributed by atoms with Crippen molar-refractivity contribution in [2.45, 2.75) is 32.5 Å². The zero-order valence-corrected chi connectivity index (χ0v) is 24.9. The molecule has 0 aromatic heterocycles. The van der Waals surface area contributed by atoms with Crippen LogP contribution in [0.5, 0.6) is 0 Å². The van der Waals surface area contributed by atoms with Crippen molar-refractivity contribution in [1.82, 2.24) is 10.6 Å². The van der Waals surface area contributed by atoms with Crippen LogP contribution in [0.2, 0.25) is 0 Å². The topological polar surface area (TPSA) is 119 Å². The number of aryl methyl sites for hydroxylation is 1. The van der Waals surface area contributed by atoms with Crippen LogP contribution in [0.15, 0.2) is 84.9 Å². The number of carbonyl (C=O) groups is 4. The second-order valence-electron chi connectivity index (χ2n) is 10.4.